The van der Waals surface area contributed by atoms with Gasteiger partial charge in [-0.2, -0.15) is 5.10 Å². The summed E-state index contributed by atoms with van der Waals surface area (Å²) in [6.07, 6.45) is 2.41. The predicted octanol–water partition coefficient (Wildman–Crippen LogP) is 3.93. The molecule has 1 unspecified atom stereocenters. The van der Waals surface area contributed by atoms with Crippen LogP contribution >= 0.6 is 0 Å². The number of rotatable bonds is 7. The van der Waals surface area contributed by atoms with Gasteiger partial charge in [-0.1, -0.05) is 36.4 Å². The van der Waals surface area contributed by atoms with Gasteiger partial charge in [0.15, 0.2) is 5.82 Å². The molecule has 6 nitrogen and oxygen atoms in total. The molecule has 2 aliphatic heterocycles. The lowest BCUT2D eigenvalue weighted by Crippen LogP contribution is -2.59. The minimum absolute atomic E-state index is 0.123. The smallest absolute Gasteiger partial charge is 0.153 e. The van der Waals surface area contributed by atoms with Crippen molar-refractivity contribution < 1.29 is 9.13 Å². The standard InChI is InChI=1S/C26H30FN5O/c1-33-21-10-9-20(23(27)11-21)13-32-16-26(17-32)15-31(12-18-5-3-2-4-6-18)14-22(26)25-28-24(29-30-25)19-7-8-19/h2-6,9-11,19,22H,7-8,12-17H2,1H3,(H,28,29,30). The van der Waals surface area contributed by atoms with E-state index in [0.717, 1.165) is 49.9 Å². The molecule has 0 radical (unpaired) electrons. The van der Waals surface area contributed by atoms with Gasteiger partial charge in [0, 0.05) is 68.1 Å². The largest absolute Gasteiger partial charge is 0.497 e. The number of aromatic nitrogens is 3. The average Bonchev–Trinajstić information content (AvgIpc) is 3.42. The Bertz CT molecular complexity index is 1120. The third-order valence-corrected chi connectivity index (χ3v) is 7.49. The van der Waals surface area contributed by atoms with Crippen molar-refractivity contribution in [3.63, 3.8) is 0 Å². The molecule has 1 aromatic heterocycles. The second kappa shape index (κ2) is 8.22. The van der Waals surface area contributed by atoms with Gasteiger partial charge in [-0.05, 0) is 24.5 Å². The summed E-state index contributed by atoms with van der Waals surface area (Å²) in [4.78, 5) is 9.83. The first-order chi connectivity index (χ1) is 16.1. The molecule has 0 amide bonds. The highest BCUT2D eigenvalue weighted by molar-refractivity contribution is 5.29. The van der Waals surface area contributed by atoms with Crippen LogP contribution in [-0.2, 0) is 13.1 Å². The lowest BCUT2D eigenvalue weighted by atomic mass is 9.71. The summed E-state index contributed by atoms with van der Waals surface area (Å²) >= 11 is 0. The number of benzene rings is 2. The van der Waals surface area contributed by atoms with Crippen LogP contribution in [0.4, 0.5) is 4.39 Å². The van der Waals surface area contributed by atoms with E-state index in [-0.39, 0.29) is 11.2 Å². The fraction of sp³-hybridized carbons (Fsp3) is 0.462. The first-order valence-electron chi connectivity index (χ1n) is 11.9. The second-order valence-electron chi connectivity index (χ2n) is 10.0. The molecular weight excluding hydrogens is 417 g/mol. The van der Waals surface area contributed by atoms with Crippen molar-refractivity contribution in [1.29, 1.82) is 0 Å². The Morgan fingerprint density at radius 2 is 1.85 bits per heavy atom. The number of hydrogen-bond acceptors (Lipinski definition) is 5. The number of ether oxygens (including phenoxy) is 1. The summed E-state index contributed by atoms with van der Waals surface area (Å²) < 4.78 is 19.7. The Hall–Kier alpha value is -2.77. The molecule has 1 aliphatic carbocycles. The van der Waals surface area contributed by atoms with Gasteiger partial charge in [-0.3, -0.25) is 14.9 Å². The van der Waals surface area contributed by atoms with E-state index in [2.05, 4.69) is 50.3 Å². The zero-order valence-electron chi connectivity index (χ0n) is 19.0. The number of hydrogen-bond donors (Lipinski definition) is 1. The number of halogens is 1. The van der Waals surface area contributed by atoms with Crippen LogP contribution in [0.3, 0.4) is 0 Å². The SMILES string of the molecule is COc1ccc(CN2CC3(CN(Cc4ccccc4)CC3c3nc(C4CC4)n[nH]3)C2)c(F)c1. The molecule has 1 atom stereocenters. The minimum atomic E-state index is -0.201. The average molecular weight is 448 g/mol. The van der Waals surface area contributed by atoms with Crippen molar-refractivity contribution in [2.45, 2.75) is 37.8 Å². The van der Waals surface area contributed by atoms with Crippen molar-refractivity contribution >= 4 is 0 Å². The molecule has 2 aromatic carbocycles. The first kappa shape index (κ1) is 20.8. The molecule has 172 valence electrons. The summed E-state index contributed by atoms with van der Waals surface area (Å²) in [6, 6.07) is 15.8. The van der Waals surface area contributed by atoms with Crippen LogP contribution in [0.2, 0.25) is 0 Å². The number of likely N-dealkylation sites (tertiary alicyclic amines) is 2. The van der Waals surface area contributed by atoms with Crippen molar-refractivity contribution in [2.24, 2.45) is 5.41 Å². The van der Waals surface area contributed by atoms with Gasteiger partial charge < -0.3 is 4.74 Å². The van der Waals surface area contributed by atoms with Crippen molar-refractivity contribution in [1.82, 2.24) is 25.0 Å². The zero-order valence-corrected chi connectivity index (χ0v) is 19.0. The molecule has 2 saturated heterocycles. The van der Waals surface area contributed by atoms with Gasteiger partial charge in [-0.15, -0.1) is 0 Å². The van der Waals surface area contributed by atoms with Crippen LogP contribution in [0.15, 0.2) is 48.5 Å². The number of H-pyrrole nitrogens is 1. The minimum Gasteiger partial charge on any atom is -0.497 e. The Labute approximate surface area is 193 Å². The van der Waals surface area contributed by atoms with Crippen LogP contribution < -0.4 is 4.74 Å². The van der Waals surface area contributed by atoms with Crippen LogP contribution in [0, 0.1) is 11.2 Å². The molecule has 1 saturated carbocycles. The summed E-state index contributed by atoms with van der Waals surface area (Å²) in [5, 5.41) is 7.82. The number of nitrogens with one attached hydrogen (secondary N) is 1. The maximum Gasteiger partial charge on any atom is 0.153 e. The highest BCUT2D eigenvalue weighted by Gasteiger charge is 2.55. The highest BCUT2D eigenvalue weighted by atomic mass is 19.1. The molecule has 6 rings (SSSR count). The van der Waals surface area contributed by atoms with E-state index < -0.39 is 0 Å². The van der Waals surface area contributed by atoms with Crippen LogP contribution in [-0.4, -0.2) is 58.3 Å². The van der Waals surface area contributed by atoms with Gasteiger partial charge in [0.25, 0.3) is 0 Å². The van der Waals surface area contributed by atoms with E-state index in [1.165, 1.54) is 24.5 Å². The van der Waals surface area contributed by atoms with Gasteiger partial charge in [0.2, 0.25) is 0 Å². The molecule has 1 N–H and O–H groups in total. The highest BCUT2D eigenvalue weighted by Crippen LogP contribution is 2.49. The topological polar surface area (TPSA) is 57.3 Å². The Morgan fingerprint density at radius 3 is 2.58 bits per heavy atom. The lowest BCUT2D eigenvalue weighted by molar-refractivity contribution is -0.0117. The van der Waals surface area contributed by atoms with E-state index in [4.69, 9.17) is 9.72 Å². The van der Waals surface area contributed by atoms with Crippen LogP contribution in [0.5, 0.6) is 5.75 Å². The fourth-order valence-corrected chi connectivity index (χ4v) is 5.68. The van der Waals surface area contributed by atoms with E-state index in [0.29, 0.717) is 24.1 Å². The van der Waals surface area contributed by atoms with E-state index in [1.54, 1.807) is 7.11 Å². The maximum atomic E-state index is 14.5. The third-order valence-electron chi connectivity index (χ3n) is 7.49. The molecule has 3 aromatic rings. The van der Waals surface area contributed by atoms with Crippen LogP contribution in [0.25, 0.3) is 0 Å². The van der Waals surface area contributed by atoms with Crippen molar-refractivity contribution in [3.8, 4) is 5.75 Å². The molecule has 3 heterocycles. The van der Waals surface area contributed by atoms with Crippen LogP contribution in [0.1, 0.15) is 47.5 Å². The quantitative estimate of drug-likeness (QED) is 0.595. The number of methoxy groups -OCH3 is 1. The number of aromatic amines is 1. The molecule has 0 bridgehead atoms. The van der Waals surface area contributed by atoms with Gasteiger partial charge in [-0.25, -0.2) is 9.37 Å². The molecule has 1 spiro atoms. The Morgan fingerprint density at radius 1 is 1.06 bits per heavy atom. The molecular formula is C26H30FN5O. The molecule has 3 fully saturated rings. The van der Waals surface area contributed by atoms with E-state index in [9.17, 15) is 4.39 Å². The van der Waals surface area contributed by atoms with Crippen molar-refractivity contribution in [3.05, 3.63) is 77.1 Å². The summed E-state index contributed by atoms with van der Waals surface area (Å²) in [7, 11) is 1.56. The Balaban J connectivity index is 1.19. The number of nitrogens with zero attached hydrogens (tertiary/aromatic N) is 4. The Kier molecular flexibility index (Phi) is 5.18. The summed E-state index contributed by atoms with van der Waals surface area (Å²) in [6.45, 7) is 5.43. The molecule has 7 heteroatoms. The second-order valence-corrected chi connectivity index (χ2v) is 10.0. The zero-order chi connectivity index (χ0) is 22.4. The summed E-state index contributed by atoms with van der Waals surface area (Å²) in [5.74, 6) is 3.23. The predicted molar refractivity (Wildman–Crippen MR) is 123 cm³/mol. The normalized spacial score (nSPS) is 22.5. The summed E-state index contributed by atoms with van der Waals surface area (Å²) in [5.41, 5.74) is 2.18. The fourth-order valence-electron chi connectivity index (χ4n) is 5.68. The molecule has 3 aliphatic rings. The monoisotopic (exact) mass is 447 g/mol. The first-order valence-corrected chi connectivity index (χ1v) is 11.9. The van der Waals surface area contributed by atoms with Gasteiger partial charge in [0.1, 0.15) is 17.4 Å². The lowest BCUT2D eigenvalue weighted by Gasteiger charge is -2.51. The van der Waals surface area contributed by atoms with Crippen molar-refractivity contribution in [2.75, 3.05) is 33.3 Å². The van der Waals surface area contributed by atoms with Gasteiger partial charge in [0.05, 0.1) is 7.11 Å². The van der Waals surface area contributed by atoms with Gasteiger partial charge >= 0.3 is 0 Å². The maximum absolute atomic E-state index is 14.5. The van der Waals surface area contributed by atoms with E-state index in [1.807, 2.05) is 12.1 Å². The molecule has 33 heavy (non-hydrogen) atoms. The third kappa shape index (κ3) is 4.04. The van der Waals surface area contributed by atoms with E-state index >= 15 is 0 Å².